The lowest BCUT2D eigenvalue weighted by Crippen LogP contribution is -2.28. The van der Waals surface area contributed by atoms with Crippen LogP contribution in [0.4, 0.5) is 8.78 Å². The lowest BCUT2D eigenvalue weighted by atomic mass is 10.1. The molecule has 0 saturated heterocycles. The van der Waals surface area contributed by atoms with E-state index in [1.165, 1.54) is 6.08 Å². The monoisotopic (exact) mass is 209 g/mol. The topological polar surface area (TPSA) is 46.2 Å². The predicted octanol–water partition coefficient (Wildman–Crippen LogP) is 1.01. The first-order valence-electron chi connectivity index (χ1n) is 3.58. The number of allylic oxidation sites excluding steroid dienone is 4. The molecule has 0 aliphatic heterocycles. The maximum atomic E-state index is 13.0. The third kappa shape index (κ3) is 2.80. The lowest BCUT2D eigenvalue weighted by Gasteiger charge is -2.15. The molecular formula is C7H9F2NO2S. The van der Waals surface area contributed by atoms with Crippen LogP contribution < -0.4 is 4.72 Å². The average molecular weight is 209 g/mol. The van der Waals surface area contributed by atoms with E-state index in [0.29, 0.717) is 0 Å². The molecule has 1 aliphatic rings. The van der Waals surface area contributed by atoms with E-state index in [1.54, 1.807) is 0 Å². The second kappa shape index (κ2) is 3.45. The largest absolute Gasteiger partial charge is 0.282 e. The van der Waals surface area contributed by atoms with Crippen LogP contribution >= 0.6 is 0 Å². The molecule has 13 heavy (non-hydrogen) atoms. The highest BCUT2D eigenvalue weighted by Gasteiger charge is 2.22. The molecule has 0 aromatic carbocycles. The van der Waals surface area contributed by atoms with Crippen molar-refractivity contribution in [2.45, 2.75) is 12.6 Å². The molecule has 1 N–H and O–H groups in total. The van der Waals surface area contributed by atoms with Gasteiger partial charge >= 0.3 is 0 Å². The molecule has 0 aromatic heterocycles. The van der Waals surface area contributed by atoms with E-state index >= 15 is 0 Å². The zero-order valence-corrected chi connectivity index (χ0v) is 7.74. The van der Waals surface area contributed by atoms with Crippen LogP contribution in [0.5, 0.6) is 0 Å². The van der Waals surface area contributed by atoms with Crippen LogP contribution in [0.3, 0.4) is 0 Å². The van der Waals surface area contributed by atoms with Gasteiger partial charge in [-0.2, -0.15) is 0 Å². The van der Waals surface area contributed by atoms with Crippen molar-refractivity contribution in [3.05, 3.63) is 23.7 Å². The number of rotatable bonds is 2. The van der Waals surface area contributed by atoms with E-state index in [-0.39, 0.29) is 6.42 Å². The Kier molecular flexibility index (Phi) is 2.70. The summed E-state index contributed by atoms with van der Waals surface area (Å²) in [4.78, 5) is 0. The van der Waals surface area contributed by atoms with E-state index in [0.717, 1.165) is 12.3 Å². The van der Waals surface area contributed by atoms with E-state index in [1.807, 2.05) is 4.72 Å². The van der Waals surface area contributed by atoms with Crippen LogP contribution in [0.1, 0.15) is 6.42 Å². The van der Waals surface area contributed by atoms with Gasteiger partial charge in [-0.3, -0.25) is 4.72 Å². The fraction of sp³-hybridized carbons (Fsp3) is 0.429. The molecule has 0 spiro atoms. The highest BCUT2D eigenvalue weighted by atomic mass is 32.2. The molecule has 0 bridgehead atoms. The number of nitrogens with one attached hydrogen (secondary N) is 1. The minimum absolute atomic E-state index is 0.00866. The summed E-state index contributed by atoms with van der Waals surface area (Å²) in [6, 6.07) is 0. The first-order valence-corrected chi connectivity index (χ1v) is 5.47. The minimum atomic E-state index is -3.61. The van der Waals surface area contributed by atoms with Crippen molar-refractivity contribution in [1.82, 2.24) is 4.72 Å². The Hall–Kier alpha value is -0.910. The summed E-state index contributed by atoms with van der Waals surface area (Å²) in [6.45, 7) is 0. The van der Waals surface area contributed by atoms with Crippen molar-refractivity contribution in [3.8, 4) is 0 Å². The third-order valence-electron chi connectivity index (χ3n) is 1.47. The quantitative estimate of drug-likeness (QED) is 0.737. The number of alkyl halides is 1. The summed E-state index contributed by atoms with van der Waals surface area (Å²) in [7, 11) is -3.61. The van der Waals surface area contributed by atoms with E-state index < -0.39 is 27.7 Å². The van der Waals surface area contributed by atoms with Crippen molar-refractivity contribution >= 4 is 10.0 Å². The van der Waals surface area contributed by atoms with Crippen molar-refractivity contribution in [3.63, 3.8) is 0 Å². The predicted molar refractivity (Wildman–Crippen MR) is 44.8 cm³/mol. The number of sulfonamides is 1. The fourth-order valence-corrected chi connectivity index (χ4v) is 1.59. The summed E-state index contributed by atoms with van der Waals surface area (Å²) < 4.78 is 49.0. The maximum Gasteiger partial charge on any atom is 0.229 e. The molecule has 3 nitrogen and oxygen atoms in total. The summed E-state index contributed by atoms with van der Waals surface area (Å²) in [5.74, 6) is -0.871. The number of hydrogen-bond donors (Lipinski definition) is 1. The van der Waals surface area contributed by atoms with Gasteiger partial charge in [-0.05, 0) is 6.08 Å². The Morgan fingerprint density at radius 3 is 2.69 bits per heavy atom. The van der Waals surface area contributed by atoms with Gasteiger partial charge < -0.3 is 0 Å². The first-order chi connectivity index (χ1) is 5.90. The van der Waals surface area contributed by atoms with Gasteiger partial charge in [-0.1, -0.05) is 6.08 Å². The molecular weight excluding hydrogens is 200 g/mol. The molecule has 0 amide bonds. The molecule has 1 atom stereocenters. The van der Waals surface area contributed by atoms with Gasteiger partial charge in [0.05, 0.1) is 12.0 Å². The molecule has 74 valence electrons. The zero-order chi connectivity index (χ0) is 10.1. The first kappa shape index (κ1) is 10.2. The van der Waals surface area contributed by atoms with Gasteiger partial charge in [0.15, 0.2) is 0 Å². The van der Waals surface area contributed by atoms with Crippen LogP contribution in [0.2, 0.25) is 0 Å². The average Bonchev–Trinajstić information content (AvgIpc) is 1.95. The summed E-state index contributed by atoms with van der Waals surface area (Å²) in [6.07, 6.45) is 1.58. The van der Waals surface area contributed by atoms with Crippen LogP contribution in [0.15, 0.2) is 23.7 Å². The van der Waals surface area contributed by atoms with Crippen LogP contribution in [-0.4, -0.2) is 20.8 Å². The van der Waals surface area contributed by atoms with Crippen LogP contribution in [0.25, 0.3) is 0 Å². The van der Waals surface area contributed by atoms with Gasteiger partial charge in [0.25, 0.3) is 0 Å². The lowest BCUT2D eigenvalue weighted by molar-refractivity contribution is 0.362. The van der Waals surface area contributed by atoms with Crippen molar-refractivity contribution in [2.75, 3.05) is 6.26 Å². The second-order valence-corrected chi connectivity index (χ2v) is 4.49. The van der Waals surface area contributed by atoms with Gasteiger partial charge in [-0.15, -0.1) is 0 Å². The van der Waals surface area contributed by atoms with Crippen molar-refractivity contribution in [2.24, 2.45) is 0 Å². The molecule has 0 heterocycles. The molecule has 0 saturated carbocycles. The summed E-state index contributed by atoms with van der Waals surface area (Å²) >= 11 is 0. The second-order valence-electron chi connectivity index (χ2n) is 2.74. The fourth-order valence-electron chi connectivity index (χ4n) is 0.961. The highest BCUT2D eigenvalue weighted by Crippen LogP contribution is 2.21. The standard InChI is InChI=1S/C7H9F2NO2S/c1-13(11,12)10-7-5(8)3-2-4-6(7)9/h2-3,6,10H,4H2,1H3. The Bertz CT molecular complexity index is 359. The van der Waals surface area contributed by atoms with E-state index in [9.17, 15) is 17.2 Å². The minimum Gasteiger partial charge on any atom is -0.282 e. The van der Waals surface area contributed by atoms with Gasteiger partial charge in [0.2, 0.25) is 10.0 Å². The molecule has 0 radical (unpaired) electrons. The van der Waals surface area contributed by atoms with Crippen molar-refractivity contribution in [1.29, 1.82) is 0 Å². The Balaban J connectivity index is 2.94. The Morgan fingerprint density at radius 1 is 1.62 bits per heavy atom. The SMILES string of the molecule is CS(=O)(=O)NC1=C(F)C=CCC1F. The number of hydrogen-bond acceptors (Lipinski definition) is 2. The zero-order valence-electron chi connectivity index (χ0n) is 6.92. The van der Waals surface area contributed by atoms with Crippen molar-refractivity contribution < 1.29 is 17.2 Å². The van der Waals surface area contributed by atoms with E-state index in [2.05, 4.69) is 0 Å². The summed E-state index contributed by atoms with van der Waals surface area (Å²) in [5, 5.41) is 0. The molecule has 6 heteroatoms. The molecule has 0 aromatic rings. The number of halogens is 2. The molecule has 1 rings (SSSR count). The van der Waals surface area contributed by atoms with Gasteiger partial charge in [0, 0.05) is 6.42 Å². The molecule has 1 aliphatic carbocycles. The summed E-state index contributed by atoms with van der Waals surface area (Å²) in [5.41, 5.74) is -0.509. The normalized spacial score (nSPS) is 23.5. The molecule has 1 unspecified atom stereocenters. The van der Waals surface area contributed by atoms with Crippen LogP contribution in [0, 0.1) is 0 Å². The van der Waals surface area contributed by atoms with E-state index in [4.69, 9.17) is 0 Å². The third-order valence-corrected chi connectivity index (χ3v) is 2.06. The van der Waals surface area contributed by atoms with Crippen LogP contribution in [-0.2, 0) is 10.0 Å². The highest BCUT2D eigenvalue weighted by molar-refractivity contribution is 7.88. The smallest absolute Gasteiger partial charge is 0.229 e. The Labute approximate surface area is 75.2 Å². The van der Waals surface area contributed by atoms with Gasteiger partial charge in [0.1, 0.15) is 12.0 Å². The molecule has 0 fully saturated rings. The Morgan fingerprint density at radius 2 is 2.23 bits per heavy atom. The van der Waals surface area contributed by atoms with Gasteiger partial charge in [-0.25, -0.2) is 17.2 Å². The maximum absolute atomic E-state index is 13.0.